The van der Waals surface area contributed by atoms with Crippen molar-refractivity contribution in [1.82, 2.24) is 79.5 Å². The van der Waals surface area contributed by atoms with Crippen LogP contribution in [0, 0.1) is 35.5 Å². The van der Waals surface area contributed by atoms with E-state index in [2.05, 4.69) is 78.9 Å². The van der Waals surface area contributed by atoms with Gasteiger partial charge in [0.1, 0.15) is 45.6 Å². The number of carbonyl (C=O) groups is 2. The summed E-state index contributed by atoms with van der Waals surface area (Å²) in [6.07, 6.45) is 20.8. The predicted molar refractivity (Wildman–Crippen MR) is 371 cm³/mol. The summed E-state index contributed by atoms with van der Waals surface area (Å²) in [5.41, 5.74) is 11.1. The van der Waals surface area contributed by atoms with Gasteiger partial charge in [-0.05, 0) is 128 Å². The van der Waals surface area contributed by atoms with E-state index in [4.69, 9.17) is 18.6 Å². The molecule has 98 heavy (non-hydrogen) atoms. The van der Waals surface area contributed by atoms with Crippen LogP contribution in [0.5, 0.6) is 23.0 Å². The number of fused-ring (bicyclic) bond motifs is 12. The molecule has 4 amide bonds. The summed E-state index contributed by atoms with van der Waals surface area (Å²) < 4.78 is 50.9. The molecule has 0 unspecified atom stereocenters. The molecular weight excluding hydrogens is 1270 g/mol. The number of rotatable bonds is 14. The summed E-state index contributed by atoms with van der Waals surface area (Å²) in [4.78, 5) is 59.8. The van der Waals surface area contributed by atoms with Gasteiger partial charge in [-0.1, -0.05) is 6.58 Å². The van der Waals surface area contributed by atoms with Crippen molar-refractivity contribution in [2.45, 2.75) is 51.5 Å². The highest BCUT2D eigenvalue weighted by Gasteiger charge is 2.45. The van der Waals surface area contributed by atoms with Crippen molar-refractivity contribution in [2.24, 2.45) is 35.5 Å². The molecule has 28 nitrogen and oxygen atoms in total. The molecule has 0 bridgehead atoms. The highest BCUT2D eigenvalue weighted by atomic mass is 32.2. The topological polar surface area (TPSA) is 362 Å². The van der Waals surface area contributed by atoms with Gasteiger partial charge in [-0.25, -0.2) is 34.2 Å². The van der Waals surface area contributed by atoms with Crippen LogP contribution in [0.15, 0.2) is 110 Å². The number of urea groups is 2. The standard InChI is InChI=1S/C17H19BN4O3.C16H19BN4O4S.C16H17BN4O3.C16H19BN4O2/c23-17(21-6-10-1-2-10)22-8-11(9-22)13-5-18(24)25-14-7-20-16-12(15(13)14)3-4-19-16;22-17-5-13(15-12-3-4-18-16(12)19-7-14(15)25-17)11-8-21(9-11)26(23,24)20-6-10-1-2-10;22-16(20-10-1-2-10)21-7-9(8-21)12-5-17(23)24-13-6-19-15-11(14(12)13)3-4-18-15;1-3-18-10(2)21-8-11(9-21)13-6-17(22)23-14-7-20-16-12(15(13)14)4-5-19-16/h3-5,7,10-11,24H,1-2,6,8-9H2,(H,19,20)(H,21,23);3-5,7,10-11,20,22H,1-2,6,8-9H2,(H,18,19);3-6,9-10,23H,1-2,7-8H2,(H,18,19)(H,20,22);4-7,11,18,22H,2-3,8-9H2,1H3,(H,19,20). The van der Waals surface area contributed by atoms with Crippen molar-refractivity contribution in [3.05, 3.63) is 132 Å². The summed E-state index contributed by atoms with van der Waals surface area (Å²) in [6.45, 7) is 13.5. The third-order valence-corrected chi connectivity index (χ3v) is 21.5. The van der Waals surface area contributed by atoms with Crippen LogP contribution in [0.1, 0.15) is 67.7 Å². The van der Waals surface area contributed by atoms with Crippen LogP contribution in [-0.2, 0) is 10.2 Å². The van der Waals surface area contributed by atoms with Crippen LogP contribution < -0.4 is 39.3 Å². The van der Waals surface area contributed by atoms with Crippen molar-refractivity contribution in [3.63, 3.8) is 0 Å². The molecule has 12 N–H and O–H groups in total. The van der Waals surface area contributed by atoms with E-state index >= 15 is 0 Å². The Balaban J connectivity index is 0.000000102. The maximum Gasteiger partial charge on any atom is 0.552 e. The zero-order valence-electron chi connectivity index (χ0n) is 53.9. The van der Waals surface area contributed by atoms with Gasteiger partial charge in [0, 0.05) is 170 Å². The molecule has 19 rings (SSSR count). The Hall–Kier alpha value is -9.23. The number of carbonyl (C=O) groups excluding carboxylic acids is 2. The van der Waals surface area contributed by atoms with Gasteiger partial charge in [-0.3, -0.25) is 0 Å². The smallest absolute Gasteiger partial charge is 0.531 e. The second-order valence-electron chi connectivity index (χ2n) is 26.9. The molecule has 3 aliphatic carbocycles. The Kier molecular flexibility index (Phi) is 16.8. The Labute approximate surface area is 565 Å². The van der Waals surface area contributed by atoms with E-state index in [1.54, 1.807) is 48.9 Å². The number of nitrogens with one attached hydrogen (secondary N) is 8. The third-order valence-electron chi connectivity index (χ3n) is 20.0. The molecule has 0 atom stereocenters. The molecule has 0 spiro atoms. The van der Waals surface area contributed by atoms with Crippen LogP contribution in [0.2, 0.25) is 0 Å². The molecule has 33 heteroatoms. The fourth-order valence-corrected chi connectivity index (χ4v) is 15.4. The van der Waals surface area contributed by atoms with Gasteiger partial charge in [-0.15, -0.1) is 0 Å². The molecule has 4 saturated heterocycles. The summed E-state index contributed by atoms with van der Waals surface area (Å²) >= 11 is 0. The lowest BCUT2D eigenvalue weighted by molar-refractivity contribution is 0.144. The number of amides is 4. The Bertz CT molecular complexity index is 4680. The summed E-state index contributed by atoms with van der Waals surface area (Å²) in [6, 6.07) is 8.25. The van der Waals surface area contributed by atoms with Gasteiger partial charge in [-0.2, -0.15) is 12.7 Å². The number of likely N-dealkylation sites (tertiary alicyclic amines) is 3. The van der Waals surface area contributed by atoms with E-state index in [-0.39, 0.29) is 29.8 Å². The molecule has 8 aromatic rings. The van der Waals surface area contributed by atoms with Crippen molar-refractivity contribution >= 4 is 117 Å². The molecule has 3 saturated carbocycles. The van der Waals surface area contributed by atoms with Gasteiger partial charge < -0.3 is 89.3 Å². The summed E-state index contributed by atoms with van der Waals surface area (Å²) in [5, 5.41) is 53.2. The number of nitrogens with zero attached hydrogens (tertiary/aromatic N) is 8. The van der Waals surface area contributed by atoms with Gasteiger partial charge in [0.05, 0.1) is 30.6 Å². The van der Waals surface area contributed by atoms with Crippen LogP contribution in [0.4, 0.5) is 9.59 Å². The van der Waals surface area contributed by atoms with E-state index in [1.807, 2.05) is 58.6 Å². The third kappa shape index (κ3) is 12.7. The maximum absolute atomic E-state index is 12.4. The van der Waals surface area contributed by atoms with Crippen LogP contribution >= 0.6 is 0 Å². The maximum atomic E-state index is 12.4. The van der Waals surface area contributed by atoms with Gasteiger partial charge in [0.25, 0.3) is 10.2 Å². The molecule has 0 radical (unpaired) electrons. The van der Waals surface area contributed by atoms with Crippen molar-refractivity contribution in [1.29, 1.82) is 0 Å². The number of pyridine rings is 4. The molecule has 7 fully saturated rings. The zero-order chi connectivity index (χ0) is 67.1. The second-order valence-corrected chi connectivity index (χ2v) is 28.7. The van der Waals surface area contributed by atoms with Gasteiger partial charge in [0.2, 0.25) is 0 Å². The summed E-state index contributed by atoms with van der Waals surface area (Å²) in [5.74, 6) is 12.2. The van der Waals surface area contributed by atoms with E-state index in [9.17, 15) is 38.1 Å². The van der Waals surface area contributed by atoms with E-state index in [0.717, 1.165) is 146 Å². The molecule has 8 aromatic heterocycles. The lowest BCUT2D eigenvalue weighted by Gasteiger charge is -2.44. The van der Waals surface area contributed by atoms with Crippen LogP contribution in [-0.4, -0.2) is 206 Å². The van der Waals surface area contributed by atoms with E-state index < -0.39 is 38.7 Å². The highest BCUT2D eigenvalue weighted by Crippen LogP contribution is 2.47. The molecule has 0 aromatic carbocycles. The lowest BCUT2D eigenvalue weighted by Crippen LogP contribution is -2.54. The first-order valence-electron chi connectivity index (χ1n) is 33.7. The average Bonchev–Trinajstić information content (AvgIpc) is 0.852. The summed E-state index contributed by atoms with van der Waals surface area (Å²) in [7, 11) is -7.34. The number of hydrogen-bond donors (Lipinski definition) is 12. The fraction of sp³-hybridized carbons (Fsp3) is 0.385. The first-order valence-corrected chi connectivity index (χ1v) is 35.1. The zero-order valence-corrected chi connectivity index (χ0v) is 54.7. The van der Waals surface area contributed by atoms with Crippen LogP contribution in [0.25, 0.3) is 66.4 Å². The Morgan fingerprint density at radius 1 is 0.510 bits per heavy atom. The molecule has 8 aliphatic heterocycles. The lowest BCUT2D eigenvalue weighted by atomic mass is 9.75. The molecule has 16 heterocycles. The van der Waals surface area contributed by atoms with Gasteiger partial charge >= 0.3 is 40.5 Å². The van der Waals surface area contributed by atoms with Crippen molar-refractivity contribution < 1.29 is 56.7 Å². The molecule has 504 valence electrons. The minimum Gasteiger partial charge on any atom is -0.531 e. The van der Waals surface area contributed by atoms with Crippen molar-refractivity contribution in [3.8, 4) is 23.0 Å². The van der Waals surface area contributed by atoms with E-state index in [1.165, 1.54) is 17.1 Å². The number of aromatic amines is 4. The number of aromatic nitrogens is 8. The van der Waals surface area contributed by atoms with E-state index in [0.29, 0.717) is 92.6 Å². The van der Waals surface area contributed by atoms with Gasteiger partial charge in [0.15, 0.2) is 0 Å². The molecular formula is C65H74B4N16O12S. The SMILES string of the molecule is C=C(NCC)N1CC(C2=CB(O)Oc3cnc4[nH]ccc4c32)C1.O=C(NC1CC1)N1CC(C2=CB(O)Oc3cnc4[nH]ccc4c32)C1.O=C(NCC1CC1)N1CC(C2=CB(O)Oc3cnc4[nH]ccc4c32)C1.O=S(=O)(NCC1CC1)N1CC(C2=CB(O)Oc3cnc4[nH]ccc4c32)C1. The molecule has 11 aliphatic rings. The largest absolute Gasteiger partial charge is 0.552 e. The number of hydrogen-bond acceptors (Lipinski definition) is 18. The minimum atomic E-state index is -3.43. The quantitative estimate of drug-likeness (QED) is 0.0668. The highest BCUT2D eigenvalue weighted by molar-refractivity contribution is 7.87. The predicted octanol–water partition coefficient (Wildman–Crippen LogP) is 4.48. The second kappa shape index (κ2) is 25.9. The minimum absolute atomic E-state index is 0.0121. The Morgan fingerprint density at radius 3 is 1.21 bits per heavy atom. The first kappa shape index (κ1) is 63.5. The van der Waals surface area contributed by atoms with Crippen LogP contribution in [0.3, 0.4) is 0 Å². The average molecular weight is 1350 g/mol. The monoisotopic (exact) mass is 1350 g/mol. The Morgan fingerprint density at radius 2 is 0.857 bits per heavy atom. The normalized spacial score (nSPS) is 19.8. The fourth-order valence-electron chi connectivity index (χ4n) is 14.0. The van der Waals surface area contributed by atoms with Crippen molar-refractivity contribution in [2.75, 3.05) is 72.0 Å². The number of H-pyrrole nitrogens is 4. The first-order chi connectivity index (χ1) is 47.6.